The Labute approximate surface area is 69.0 Å². The molecule has 1 rings (SSSR count). The molecule has 0 aromatic heterocycles. The van der Waals surface area contributed by atoms with Crippen LogP contribution in [0, 0.1) is 5.92 Å². The van der Waals surface area contributed by atoms with E-state index in [2.05, 4.69) is 12.2 Å². The van der Waals surface area contributed by atoms with E-state index >= 15 is 0 Å². The van der Waals surface area contributed by atoms with E-state index in [1.165, 1.54) is 12.8 Å². The van der Waals surface area contributed by atoms with Gasteiger partial charge in [0.15, 0.2) is 0 Å². The summed E-state index contributed by atoms with van der Waals surface area (Å²) in [5.41, 5.74) is 0. The van der Waals surface area contributed by atoms with Crippen molar-refractivity contribution in [2.45, 2.75) is 51.8 Å². The fourth-order valence-electron chi connectivity index (χ4n) is 1.39. The van der Waals surface area contributed by atoms with E-state index in [4.69, 9.17) is 0 Å². The first-order chi connectivity index (χ1) is 5.11. The molecule has 0 aromatic carbocycles. The zero-order valence-electron chi connectivity index (χ0n) is 7.67. The summed E-state index contributed by atoms with van der Waals surface area (Å²) in [5.74, 6) is 0.802. The average Bonchev–Trinajstić information content (AvgIpc) is 1.96. The number of nitrogens with one attached hydrogen (secondary N) is 1. The molecule has 2 N–H and O–H groups in total. The van der Waals surface area contributed by atoms with Crippen LogP contribution in [0.15, 0.2) is 0 Å². The Balaban J connectivity index is 2.19. The largest absolute Gasteiger partial charge is 0.392 e. The predicted octanol–water partition coefficient (Wildman–Crippen LogP) is 1.14. The van der Waals surface area contributed by atoms with E-state index in [9.17, 15) is 5.11 Å². The fourth-order valence-corrected chi connectivity index (χ4v) is 1.39. The summed E-state index contributed by atoms with van der Waals surface area (Å²) in [6, 6.07) is 0.891. The third kappa shape index (κ3) is 2.17. The normalized spacial score (nSPS) is 36.0. The topological polar surface area (TPSA) is 32.3 Å². The highest BCUT2D eigenvalue weighted by molar-refractivity contribution is 4.86. The van der Waals surface area contributed by atoms with Gasteiger partial charge in [0.2, 0.25) is 0 Å². The van der Waals surface area contributed by atoms with Crippen molar-refractivity contribution in [3.8, 4) is 0 Å². The Hall–Kier alpha value is -0.0800. The Morgan fingerprint density at radius 3 is 2.27 bits per heavy atom. The third-order valence-corrected chi connectivity index (χ3v) is 2.82. The van der Waals surface area contributed by atoms with Gasteiger partial charge in [-0.3, -0.25) is 0 Å². The van der Waals surface area contributed by atoms with Crippen LogP contribution in [-0.4, -0.2) is 23.3 Å². The highest BCUT2D eigenvalue weighted by atomic mass is 16.3. The lowest BCUT2D eigenvalue weighted by molar-refractivity contribution is 0.118. The molecule has 2 heteroatoms. The van der Waals surface area contributed by atoms with Gasteiger partial charge in [-0.2, -0.15) is 0 Å². The molecule has 0 amide bonds. The fraction of sp³-hybridized carbons (Fsp3) is 1.00. The first kappa shape index (κ1) is 9.01. The molecular weight excluding hydrogens is 138 g/mol. The molecule has 1 aliphatic rings. The molecule has 0 saturated heterocycles. The van der Waals surface area contributed by atoms with Crippen LogP contribution in [-0.2, 0) is 0 Å². The van der Waals surface area contributed by atoms with Crippen molar-refractivity contribution in [2.24, 2.45) is 5.92 Å². The van der Waals surface area contributed by atoms with Gasteiger partial charge in [0.1, 0.15) is 0 Å². The van der Waals surface area contributed by atoms with Gasteiger partial charge in [-0.1, -0.05) is 6.92 Å². The maximum absolute atomic E-state index is 9.21. The Morgan fingerprint density at radius 1 is 1.36 bits per heavy atom. The van der Waals surface area contributed by atoms with Crippen LogP contribution in [0.1, 0.15) is 33.6 Å². The van der Waals surface area contributed by atoms with Crippen molar-refractivity contribution in [3.63, 3.8) is 0 Å². The number of hydrogen-bond donors (Lipinski definition) is 2. The molecule has 4 atom stereocenters. The van der Waals surface area contributed by atoms with Crippen molar-refractivity contribution in [1.29, 1.82) is 0 Å². The second kappa shape index (κ2) is 3.55. The Bertz CT molecular complexity index is 120. The van der Waals surface area contributed by atoms with E-state index in [-0.39, 0.29) is 12.1 Å². The first-order valence-electron chi connectivity index (χ1n) is 4.55. The highest BCUT2D eigenvalue weighted by Gasteiger charge is 2.28. The summed E-state index contributed by atoms with van der Waals surface area (Å²) in [7, 11) is 0. The van der Waals surface area contributed by atoms with Crippen LogP contribution < -0.4 is 5.32 Å². The average molecular weight is 157 g/mol. The molecule has 0 bridgehead atoms. The highest BCUT2D eigenvalue weighted by Crippen LogP contribution is 2.26. The quantitative estimate of drug-likeness (QED) is 0.644. The van der Waals surface area contributed by atoms with Crippen molar-refractivity contribution < 1.29 is 5.11 Å². The second-order valence-electron chi connectivity index (χ2n) is 3.86. The van der Waals surface area contributed by atoms with Gasteiger partial charge in [0.25, 0.3) is 0 Å². The standard InChI is InChI=1S/C9H19NO/c1-6-4-5-9(6)10-7(2)8(3)11/h6-11H,4-5H2,1-3H3. The molecule has 4 unspecified atom stereocenters. The molecule has 1 fully saturated rings. The van der Waals surface area contributed by atoms with Crippen LogP contribution >= 0.6 is 0 Å². The molecule has 0 spiro atoms. The lowest BCUT2D eigenvalue weighted by atomic mass is 9.80. The first-order valence-corrected chi connectivity index (χ1v) is 4.55. The summed E-state index contributed by atoms with van der Waals surface area (Å²) >= 11 is 0. The molecule has 11 heavy (non-hydrogen) atoms. The monoisotopic (exact) mass is 157 g/mol. The van der Waals surface area contributed by atoms with Crippen molar-refractivity contribution >= 4 is 0 Å². The van der Waals surface area contributed by atoms with Gasteiger partial charge >= 0.3 is 0 Å². The van der Waals surface area contributed by atoms with Crippen molar-refractivity contribution in [3.05, 3.63) is 0 Å². The van der Waals surface area contributed by atoms with Gasteiger partial charge in [-0.05, 0) is 32.6 Å². The summed E-state index contributed by atoms with van der Waals surface area (Å²) in [6.07, 6.45) is 2.38. The van der Waals surface area contributed by atoms with Gasteiger partial charge in [-0.15, -0.1) is 0 Å². The predicted molar refractivity (Wildman–Crippen MR) is 46.5 cm³/mol. The minimum atomic E-state index is -0.234. The third-order valence-electron chi connectivity index (χ3n) is 2.82. The zero-order chi connectivity index (χ0) is 8.43. The molecule has 0 heterocycles. The van der Waals surface area contributed by atoms with E-state index in [0.717, 1.165) is 5.92 Å². The van der Waals surface area contributed by atoms with Gasteiger partial charge in [0, 0.05) is 12.1 Å². The second-order valence-corrected chi connectivity index (χ2v) is 3.86. The van der Waals surface area contributed by atoms with Crippen LogP contribution in [0.5, 0.6) is 0 Å². The number of aliphatic hydroxyl groups excluding tert-OH is 1. The molecule has 0 radical (unpaired) electrons. The van der Waals surface area contributed by atoms with Crippen LogP contribution in [0.2, 0.25) is 0 Å². The number of aliphatic hydroxyl groups is 1. The van der Waals surface area contributed by atoms with Crippen LogP contribution in [0.3, 0.4) is 0 Å². The molecule has 1 saturated carbocycles. The smallest absolute Gasteiger partial charge is 0.0662 e. The zero-order valence-corrected chi connectivity index (χ0v) is 7.67. The van der Waals surface area contributed by atoms with E-state index in [0.29, 0.717) is 6.04 Å². The van der Waals surface area contributed by atoms with Gasteiger partial charge in [0.05, 0.1) is 6.10 Å². The van der Waals surface area contributed by atoms with E-state index in [1.807, 2.05) is 13.8 Å². The van der Waals surface area contributed by atoms with E-state index < -0.39 is 0 Å². The summed E-state index contributed by atoms with van der Waals surface area (Å²) < 4.78 is 0. The minimum absolute atomic E-state index is 0.234. The lowest BCUT2D eigenvalue weighted by Crippen LogP contribution is -2.49. The van der Waals surface area contributed by atoms with Gasteiger partial charge in [-0.25, -0.2) is 0 Å². The molecule has 66 valence electrons. The molecule has 0 aromatic rings. The maximum Gasteiger partial charge on any atom is 0.0662 e. The number of rotatable bonds is 3. The lowest BCUT2D eigenvalue weighted by Gasteiger charge is -2.37. The summed E-state index contributed by atoms with van der Waals surface area (Å²) in [4.78, 5) is 0. The minimum Gasteiger partial charge on any atom is -0.392 e. The summed E-state index contributed by atoms with van der Waals surface area (Å²) in [5, 5.41) is 12.6. The molecular formula is C9H19NO. The molecule has 0 aliphatic heterocycles. The SMILES string of the molecule is CC(O)C(C)NC1CCC1C. The number of hydrogen-bond acceptors (Lipinski definition) is 2. The van der Waals surface area contributed by atoms with E-state index in [1.54, 1.807) is 0 Å². The van der Waals surface area contributed by atoms with Crippen LogP contribution in [0.25, 0.3) is 0 Å². The van der Waals surface area contributed by atoms with Crippen molar-refractivity contribution in [2.75, 3.05) is 0 Å². The van der Waals surface area contributed by atoms with Gasteiger partial charge < -0.3 is 10.4 Å². The Kier molecular flexibility index (Phi) is 2.90. The Morgan fingerprint density at radius 2 is 2.00 bits per heavy atom. The molecule has 2 nitrogen and oxygen atoms in total. The summed E-state index contributed by atoms with van der Waals surface area (Å²) in [6.45, 7) is 6.13. The van der Waals surface area contributed by atoms with Crippen molar-refractivity contribution in [1.82, 2.24) is 5.32 Å². The van der Waals surface area contributed by atoms with Crippen LogP contribution in [0.4, 0.5) is 0 Å². The maximum atomic E-state index is 9.21. The molecule has 1 aliphatic carbocycles.